The lowest BCUT2D eigenvalue weighted by Crippen LogP contribution is -2.23. The minimum Gasteiger partial charge on any atom is -0.481 e. The number of carbonyl (C=O) groups is 1. The zero-order valence-corrected chi connectivity index (χ0v) is 11.0. The molecule has 1 heterocycles. The molecule has 0 fully saturated rings. The van der Waals surface area contributed by atoms with Crippen molar-refractivity contribution in [2.75, 3.05) is 7.11 Å². The van der Waals surface area contributed by atoms with E-state index in [4.69, 9.17) is 10.5 Å². The van der Waals surface area contributed by atoms with E-state index in [1.807, 2.05) is 6.07 Å². The highest BCUT2D eigenvalue weighted by molar-refractivity contribution is 5.82. The maximum absolute atomic E-state index is 12.9. The summed E-state index contributed by atoms with van der Waals surface area (Å²) in [7, 11) is 1.53. The monoisotopic (exact) mass is 274 g/mol. The number of hydrogen-bond acceptors (Lipinski definition) is 3. The van der Waals surface area contributed by atoms with Gasteiger partial charge >= 0.3 is 0 Å². The molecule has 0 bridgehead atoms. The first-order chi connectivity index (χ1) is 9.60. The van der Waals surface area contributed by atoms with Crippen LogP contribution in [0.15, 0.2) is 42.6 Å². The van der Waals surface area contributed by atoms with Gasteiger partial charge in [0.25, 0.3) is 0 Å². The molecular weight excluding hydrogens is 259 g/mol. The lowest BCUT2D eigenvalue weighted by molar-refractivity contribution is -0.119. The Hall–Kier alpha value is -2.43. The van der Waals surface area contributed by atoms with E-state index >= 15 is 0 Å². The molecule has 1 amide bonds. The highest BCUT2D eigenvalue weighted by atomic mass is 19.1. The number of methoxy groups -OCH3 is 1. The summed E-state index contributed by atoms with van der Waals surface area (Å²) in [4.78, 5) is 15.7. The second kappa shape index (κ2) is 6.14. The maximum atomic E-state index is 12.9. The minimum absolute atomic E-state index is 0.344. The highest BCUT2D eigenvalue weighted by Gasteiger charge is 2.18. The van der Waals surface area contributed by atoms with E-state index in [0.717, 1.165) is 5.56 Å². The van der Waals surface area contributed by atoms with Crippen molar-refractivity contribution in [3.05, 3.63) is 59.5 Å². The molecule has 0 aliphatic rings. The lowest BCUT2D eigenvalue weighted by Gasteiger charge is -2.14. The molecule has 1 aromatic carbocycles. The van der Waals surface area contributed by atoms with E-state index in [0.29, 0.717) is 17.9 Å². The Labute approximate surface area is 116 Å². The molecule has 104 valence electrons. The van der Waals surface area contributed by atoms with Crippen LogP contribution in [0, 0.1) is 5.82 Å². The van der Waals surface area contributed by atoms with Gasteiger partial charge in [0.2, 0.25) is 11.8 Å². The zero-order valence-electron chi connectivity index (χ0n) is 11.0. The number of benzene rings is 1. The third-order valence-corrected chi connectivity index (χ3v) is 3.06. The van der Waals surface area contributed by atoms with Crippen molar-refractivity contribution in [1.82, 2.24) is 4.98 Å². The second-order valence-corrected chi connectivity index (χ2v) is 4.42. The van der Waals surface area contributed by atoms with Crippen LogP contribution in [0.1, 0.15) is 17.0 Å². The molecule has 4 nitrogen and oxygen atoms in total. The number of hydrogen-bond donors (Lipinski definition) is 1. The molecular formula is C15H15FN2O2. The molecule has 0 saturated heterocycles. The fourth-order valence-corrected chi connectivity index (χ4v) is 1.97. The largest absolute Gasteiger partial charge is 0.481 e. The summed E-state index contributed by atoms with van der Waals surface area (Å²) in [5.74, 6) is -0.799. The molecule has 2 rings (SSSR count). The van der Waals surface area contributed by atoms with E-state index in [9.17, 15) is 9.18 Å². The smallest absolute Gasteiger partial charge is 0.225 e. The number of ether oxygens (including phenoxy) is 1. The molecule has 2 N–H and O–H groups in total. The van der Waals surface area contributed by atoms with Crippen LogP contribution in [-0.4, -0.2) is 18.0 Å². The minimum atomic E-state index is -0.509. The molecule has 0 radical (unpaired) electrons. The van der Waals surface area contributed by atoms with Gasteiger partial charge in [0, 0.05) is 12.3 Å². The third kappa shape index (κ3) is 3.32. The quantitative estimate of drug-likeness (QED) is 0.907. The van der Waals surface area contributed by atoms with Gasteiger partial charge in [-0.25, -0.2) is 9.37 Å². The fourth-order valence-electron chi connectivity index (χ4n) is 1.97. The third-order valence-electron chi connectivity index (χ3n) is 3.06. The Bertz CT molecular complexity index is 582. The number of rotatable bonds is 5. The molecule has 1 atom stereocenters. The SMILES string of the molecule is COc1ccc(CC(C(N)=O)c2ccc(F)cc2)cn1. The molecule has 5 heteroatoms. The number of amides is 1. The molecule has 1 aromatic heterocycles. The van der Waals surface area contributed by atoms with Crippen LogP contribution < -0.4 is 10.5 Å². The standard InChI is InChI=1S/C15H15FN2O2/c1-20-14-7-2-10(9-18-14)8-13(15(17)19)11-3-5-12(16)6-4-11/h2-7,9,13H,8H2,1H3,(H2,17,19). The van der Waals surface area contributed by atoms with Crippen LogP contribution in [0.3, 0.4) is 0 Å². The van der Waals surface area contributed by atoms with Crippen LogP contribution in [0.5, 0.6) is 5.88 Å². The Morgan fingerprint density at radius 2 is 2.00 bits per heavy atom. The van der Waals surface area contributed by atoms with Crippen LogP contribution in [0.25, 0.3) is 0 Å². The molecule has 1 unspecified atom stereocenters. The van der Waals surface area contributed by atoms with Gasteiger partial charge in [-0.3, -0.25) is 4.79 Å². The number of primary amides is 1. The van der Waals surface area contributed by atoms with E-state index in [-0.39, 0.29) is 5.82 Å². The average molecular weight is 274 g/mol. The predicted molar refractivity (Wildman–Crippen MR) is 72.8 cm³/mol. The summed E-state index contributed by atoms with van der Waals surface area (Å²) >= 11 is 0. The average Bonchev–Trinajstić information content (AvgIpc) is 2.46. The molecule has 0 spiro atoms. The van der Waals surface area contributed by atoms with Crippen LogP contribution >= 0.6 is 0 Å². The zero-order chi connectivity index (χ0) is 14.5. The van der Waals surface area contributed by atoms with Crippen molar-refractivity contribution in [3.8, 4) is 5.88 Å². The highest BCUT2D eigenvalue weighted by Crippen LogP contribution is 2.21. The molecule has 20 heavy (non-hydrogen) atoms. The summed E-state index contributed by atoms with van der Waals surface area (Å²) in [6, 6.07) is 9.32. The Morgan fingerprint density at radius 1 is 1.30 bits per heavy atom. The van der Waals surface area contributed by atoms with Crippen LogP contribution in [0.4, 0.5) is 4.39 Å². The first-order valence-corrected chi connectivity index (χ1v) is 6.14. The van der Waals surface area contributed by atoms with Crippen molar-refractivity contribution in [2.45, 2.75) is 12.3 Å². The summed E-state index contributed by atoms with van der Waals surface area (Å²) in [5, 5.41) is 0. The van der Waals surface area contributed by atoms with Gasteiger partial charge in [-0.05, 0) is 29.7 Å². The van der Waals surface area contributed by atoms with Crippen molar-refractivity contribution in [2.24, 2.45) is 5.73 Å². The van der Waals surface area contributed by atoms with Crippen molar-refractivity contribution < 1.29 is 13.9 Å². The number of carbonyl (C=O) groups excluding carboxylic acids is 1. The Balaban J connectivity index is 2.20. The topological polar surface area (TPSA) is 65.2 Å². The Morgan fingerprint density at radius 3 is 2.50 bits per heavy atom. The Kier molecular flexibility index (Phi) is 4.30. The van der Waals surface area contributed by atoms with E-state index in [2.05, 4.69) is 4.98 Å². The van der Waals surface area contributed by atoms with E-state index in [1.165, 1.54) is 19.2 Å². The summed E-state index contributed by atoms with van der Waals surface area (Å²) in [5.41, 5.74) is 6.98. The van der Waals surface area contributed by atoms with Gasteiger partial charge in [-0.15, -0.1) is 0 Å². The first kappa shape index (κ1) is 14.0. The van der Waals surface area contributed by atoms with Crippen molar-refractivity contribution >= 4 is 5.91 Å². The first-order valence-electron chi connectivity index (χ1n) is 6.14. The van der Waals surface area contributed by atoms with Gasteiger partial charge in [0.1, 0.15) is 5.82 Å². The van der Waals surface area contributed by atoms with E-state index in [1.54, 1.807) is 24.4 Å². The van der Waals surface area contributed by atoms with Crippen molar-refractivity contribution in [3.63, 3.8) is 0 Å². The number of nitrogens with zero attached hydrogens (tertiary/aromatic N) is 1. The van der Waals surface area contributed by atoms with Crippen LogP contribution in [0.2, 0.25) is 0 Å². The van der Waals surface area contributed by atoms with Gasteiger partial charge < -0.3 is 10.5 Å². The summed E-state index contributed by atoms with van der Waals surface area (Å²) < 4.78 is 17.9. The van der Waals surface area contributed by atoms with Crippen LogP contribution in [-0.2, 0) is 11.2 Å². The molecule has 0 saturated carbocycles. The lowest BCUT2D eigenvalue weighted by atomic mass is 9.92. The number of nitrogens with two attached hydrogens (primary N) is 1. The van der Waals surface area contributed by atoms with Gasteiger partial charge in [0.15, 0.2) is 0 Å². The summed E-state index contributed by atoms with van der Waals surface area (Å²) in [6.45, 7) is 0. The predicted octanol–water partition coefficient (Wildman–Crippen LogP) is 2.04. The summed E-state index contributed by atoms with van der Waals surface area (Å²) in [6.07, 6.45) is 2.05. The van der Waals surface area contributed by atoms with Gasteiger partial charge in [0.05, 0.1) is 13.0 Å². The molecule has 0 aliphatic heterocycles. The van der Waals surface area contributed by atoms with E-state index < -0.39 is 11.8 Å². The van der Waals surface area contributed by atoms with Gasteiger partial charge in [-0.2, -0.15) is 0 Å². The fraction of sp³-hybridized carbons (Fsp3) is 0.200. The molecule has 2 aromatic rings. The normalized spacial score (nSPS) is 11.9. The van der Waals surface area contributed by atoms with Gasteiger partial charge in [-0.1, -0.05) is 18.2 Å². The molecule has 0 aliphatic carbocycles. The maximum Gasteiger partial charge on any atom is 0.225 e. The number of pyridine rings is 1. The number of aromatic nitrogens is 1. The van der Waals surface area contributed by atoms with Crippen molar-refractivity contribution in [1.29, 1.82) is 0 Å². The second-order valence-electron chi connectivity index (χ2n) is 4.42. The number of halogens is 1.